The fourth-order valence-electron chi connectivity index (χ4n) is 2.81. The third-order valence-electron chi connectivity index (χ3n) is 3.56. The quantitative estimate of drug-likeness (QED) is 0.643. The Labute approximate surface area is 78.8 Å². The molecule has 2 aliphatic rings. The van der Waals surface area contributed by atoms with E-state index in [1.54, 1.807) is 0 Å². The minimum absolute atomic E-state index is 0.0381. The maximum absolute atomic E-state index is 11.2. The minimum atomic E-state index is -0.0381. The van der Waals surface area contributed by atoms with Gasteiger partial charge in [0, 0.05) is 6.42 Å². The van der Waals surface area contributed by atoms with Crippen LogP contribution in [0.4, 0.5) is 0 Å². The zero-order chi connectivity index (χ0) is 9.26. The van der Waals surface area contributed by atoms with Crippen LogP contribution in [-0.4, -0.2) is 26.2 Å². The molecule has 0 aromatic heterocycles. The van der Waals surface area contributed by atoms with Crippen LogP contribution in [0.3, 0.4) is 0 Å². The second kappa shape index (κ2) is 3.66. The van der Waals surface area contributed by atoms with Gasteiger partial charge in [0.2, 0.25) is 0 Å². The topological polar surface area (TPSA) is 38.3 Å². The van der Waals surface area contributed by atoms with Crippen LogP contribution in [0.1, 0.15) is 19.3 Å². The fraction of sp³-hybridized carbons (Fsp3) is 0.900. The van der Waals surface area contributed by atoms with Crippen molar-refractivity contribution in [2.75, 3.05) is 20.2 Å². The van der Waals surface area contributed by atoms with E-state index in [0.717, 1.165) is 24.9 Å². The first kappa shape index (κ1) is 9.00. The lowest BCUT2D eigenvalue weighted by Gasteiger charge is -2.29. The number of fused-ring (bicyclic) bond motifs is 2. The molecular formula is C10H17NO2. The van der Waals surface area contributed by atoms with Crippen LogP contribution in [0.2, 0.25) is 0 Å². The second-order valence-corrected chi connectivity index (χ2v) is 4.20. The highest BCUT2D eigenvalue weighted by Gasteiger charge is 2.39. The van der Waals surface area contributed by atoms with Gasteiger partial charge in [-0.15, -0.1) is 0 Å². The summed E-state index contributed by atoms with van der Waals surface area (Å²) in [5, 5.41) is 3.42. The predicted molar refractivity (Wildman–Crippen MR) is 49.2 cm³/mol. The molecule has 1 saturated heterocycles. The molecule has 2 rings (SSSR count). The first-order valence-electron chi connectivity index (χ1n) is 5.09. The lowest BCUT2D eigenvalue weighted by atomic mass is 9.84. The Hall–Kier alpha value is -0.570. The summed E-state index contributed by atoms with van der Waals surface area (Å²) in [5.74, 6) is 1.99. The molecule has 2 unspecified atom stereocenters. The van der Waals surface area contributed by atoms with Gasteiger partial charge in [-0.05, 0) is 43.7 Å². The number of nitrogens with one attached hydrogen (secondary N) is 1. The van der Waals surface area contributed by atoms with E-state index in [0.29, 0.717) is 12.3 Å². The molecule has 0 spiro atoms. The number of methoxy groups -OCH3 is 1. The first-order chi connectivity index (χ1) is 6.31. The molecule has 2 bridgehead atoms. The molecule has 3 heteroatoms. The summed E-state index contributed by atoms with van der Waals surface area (Å²) in [6.45, 7) is 2.19. The number of ether oxygens (including phenoxy) is 1. The highest BCUT2D eigenvalue weighted by Crippen LogP contribution is 2.41. The average Bonchev–Trinajstić information content (AvgIpc) is 2.41. The first-order valence-corrected chi connectivity index (χ1v) is 5.09. The SMILES string of the molecule is COC(=O)CC1C2CCC1CNC2. The maximum atomic E-state index is 11.2. The van der Waals surface area contributed by atoms with Crippen LogP contribution in [0, 0.1) is 17.8 Å². The van der Waals surface area contributed by atoms with Gasteiger partial charge in [-0.3, -0.25) is 4.79 Å². The third kappa shape index (κ3) is 1.70. The molecule has 3 nitrogen and oxygen atoms in total. The van der Waals surface area contributed by atoms with E-state index in [1.165, 1.54) is 20.0 Å². The highest BCUT2D eigenvalue weighted by atomic mass is 16.5. The van der Waals surface area contributed by atoms with Crippen molar-refractivity contribution in [3.05, 3.63) is 0 Å². The average molecular weight is 183 g/mol. The van der Waals surface area contributed by atoms with Gasteiger partial charge in [0.05, 0.1) is 7.11 Å². The summed E-state index contributed by atoms with van der Waals surface area (Å²) >= 11 is 0. The van der Waals surface area contributed by atoms with E-state index in [9.17, 15) is 4.79 Å². The molecule has 2 atom stereocenters. The largest absolute Gasteiger partial charge is 0.469 e. The molecule has 0 amide bonds. The van der Waals surface area contributed by atoms with Crippen LogP contribution >= 0.6 is 0 Å². The van der Waals surface area contributed by atoms with Crippen LogP contribution < -0.4 is 5.32 Å². The van der Waals surface area contributed by atoms with Gasteiger partial charge < -0.3 is 10.1 Å². The summed E-state index contributed by atoms with van der Waals surface area (Å²) in [4.78, 5) is 11.2. The van der Waals surface area contributed by atoms with Crippen molar-refractivity contribution in [2.24, 2.45) is 17.8 Å². The molecule has 1 aliphatic heterocycles. The lowest BCUT2D eigenvalue weighted by Crippen LogP contribution is -2.39. The molecule has 2 fully saturated rings. The molecule has 1 saturated carbocycles. The van der Waals surface area contributed by atoms with Crippen LogP contribution in [0.5, 0.6) is 0 Å². The third-order valence-corrected chi connectivity index (χ3v) is 3.56. The molecule has 1 N–H and O–H groups in total. The Kier molecular flexibility index (Phi) is 2.54. The van der Waals surface area contributed by atoms with Gasteiger partial charge in [-0.2, -0.15) is 0 Å². The van der Waals surface area contributed by atoms with Gasteiger partial charge in [0.25, 0.3) is 0 Å². The Balaban J connectivity index is 1.95. The lowest BCUT2D eigenvalue weighted by molar-refractivity contribution is -0.142. The van der Waals surface area contributed by atoms with Crippen molar-refractivity contribution >= 4 is 5.97 Å². The Morgan fingerprint density at radius 3 is 2.54 bits per heavy atom. The van der Waals surface area contributed by atoms with Gasteiger partial charge in [-0.1, -0.05) is 0 Å². The number of carbonyl (C=O) groups is 1. The standard InChI is InChI=1S/C10H17NO2/c1-13-10(12)4-9-7-2-3-8(9)6-11-5-7/h7-9,11H,2-6H2,1H3. The van der Waals surface area contributed by atoms with E-state index in [4.69, 9.17) is 4.74 Å². The molecule has 13 heavy (non-hydrogen) atoms. The zero-order valence-electron chi connectivity index (χ0n) is 8.08. The van der Waals surface area contributed by atoms with E-state index in [-0.39, 0.29) is 5.97 Å². The summed E-state index contributed by atoms with van der Waals surface area (Å²) in [5.41, 5.74) is 0. The van der Waals surface area contributed by atoms with Gasteiger partial charge >= 0.3 is 5.97 Å². The Morgan fingerprint density at radius 1 is 1.38 bits per heavy atom. The number of esters is 1. The van der Waals surface area contributed by atoms with E-state index in [1.807, 2.05) is 0 Å². The minimum Gasteiger partial charge on any atom is -0.469 e. The molecule has 0 aromatic carbocycles. The van der Waals surface area contributed by atoms with Gasteiger partial charge in [0.1, 0.15) is 0 Å². The number of hydrogen-bond acceptors (Lipinski definition) is 3. The summed E-state index contributed by atoms with van der Waals surface area (Å²) in [6.07, 6.45) is 3.21. The van der Waals surface area contributed by atoms with E-state index >= 15 is 0 Å². The Bertz CT molecular complexity index is 189. The van der Waals surface area contributed by atoms with Crippen LogP contribution in [-0.2, 0) is 9.53 Å². The maximum Gasteiger partial charge on any atom is 0.305 e. The van der Waals surface area contributed by atoms with Crippen molar-refractivity contribution in [1.29, 1.82) is 0 Å². The number of rotatable bonds is 2. The van der Waals surface area contributed by atoms with Crippen LogP contribution in [0.15, 0.2) is 0 Å². The number of piperidine rings is 1. The van der Waals surface area contributed by atoms with E-state index in [2.05, 4.69) is 5.32 Å². The summed E-state index contributed by atoms with van der Waals surface area (Å²) in [6, 6.07) is 0. The monoisotopic (exact) mass is 183 g/mol. The number of carbonyl (C=O) groups excluding carboxylic acids is 1. The van der Waals surface area contributed by atoms with Crippen molar-refractivity contribution in [3.8, 4) is 0 Å². The number of hydrogen-bond donors (Lipinski definition) is 1. The van der Waals surface area contributed by atoms with Crippen molar-refractivity contribution < 1.29 is 9.53 Å². The van der Waals surface area contributed by atoms with Crippen molar-refractivity contribution in [2.45, 2.75) is 19.3 Å². The molecule has 0 radical (unpaired) electrons. The smallest absolute Gasteiger partial charge is 0.305 e. The molecule has 74 valence electrons. The second-order valence-electron chi connectivity index (χ2n) is 4.20. The zero-order valence-corrected chi connectivity index (χ0v) is 8.08. The highest BCUT2D eigenvalue weighted by molar-refractivity contribution is 5.69. The van der Waals surface area contributed by atoms with Crippen LogP contribution in [0.25, 0.3) is 0 Å². The Morgan fingerprint density at radius 2 is 2.00 bits per heavy atom. The summed E-state index contributed by atoms with van der Waals surface area (Å²) < 4.78 is 4.72. The van der Waals surface area contributed by atoms with Gasteiger partial charge in [0.15, 0.2) is 0 Å². The van der Waals surface area contributed by atoms with Crippen molar-refractivity contribution in [3.63, 3.8) is 0 Å². The van der Waals surface area contributed by atoms with Crippen molar-refractivity contribution in [1.82, 2.24) is 5.32 Å². The predicted octanol–water partition coefficient (Wildman–Crippen LogP) is 0.795. The fourth-order valence-corrected chi connectivity index (χ4v) is 2.81. The van der Waals surface area contributed by atoms with Gasteiger partial charge in [-0.25, -0.2) is 0 Å². The van der Waals surface area contributed by atoms with E-state index < -0.39 is 0 Å². The molecule has 1 aliphatic carbocycles. The summed E-state index contributed by atoms with van der Waals surface area (Å²) in [7, 11) is 1.48. The molecule has 1 heterocycles. The molecular weight excluding hydrogens is 166 g/mol. The normalized spacial score (nSPS) is 37.5. The molecule has 0 aromatic rings.